The van der Waals surface area contributed by atoms with Gasteiger partial charge in [0.1, 0.15) is 5.75 Å². The fraction of sp³-hybridized carbons (Fsp3) is 0.385. The molecule has 0 saturated carbocycles. The number of aliphatic hydroxyl groups is 1. The second kappa shape index (κ2) is 5.56. The molecule has 0 saturated heterocycles. The van der Waals surface area contributed by atoms with E-state index < -0.39 is 0 Å². The molecule has 1 N–H and O–H groups in total. The van der Waals surface area contributed by atoms with Gasteiger partial charge in [-0.05, 0) is 36.6 Å². The second-order valence-electron chi connectivity index (χ2n) is 3.55. The third-order valence-corrected chi connectivity index (χ3v) is 2.41. The van der Waals surface area contributed by atoms with Crippen LogP contribution in [0.5, 0.6) is 5.75 Å². The summed E-state index contributed by atoms with van der Waals surface area (Å²) in [4.78, 5) is 0. The molecular formula is C13H18O2. The van der Waals surface area contributed by atoms with Crippen LogP contribution < -0.4 is 4.74 Å². The highest BCUT2D eigenvalue weighted by Crippen LogP contribution is 2.18. The number of hydrogen-bond acceptors (Lipinski definition) is 2. The summed E-state index contributed by atoms with van der Waals surface area (Å²) in [5, 5.41) is 9.49. The van der Waals surface area contributed by atoms with Crippen molar-refractivity contribution in [3.05, 3.63) is 35.9 Å². The van der Waals surface area contributed by atoms with E-state index in [9.17, 15) is 5.11 Å². The maximum atomic E-state index is 9.49. The molecule has 0 radical (unpaired) electrons. The van der Waals surface area contributed by atoms with Gasteiger partial charge in [-0.3, -0.25) is 0 Å². The van der Waals surface area contributed by atoms with Crippen molar-refractivity contribution < 1.29 is 9.84 Å². The largest absolute Gasteiger partial charge is 0.497 e. The molecule has 82 valence electrons. The lowest BCUT2D eigenvalue weighted by Gasteiger charge is -2.06. The fourth-order valence-corrected chi connectivity index (χ4v) is 1.36. The molecule has 1 aromatic rings. The van der Waals surface area contributed by atoms with Crippen LogP contribution in [0.15, 0.2) is 30.3 Å². The van der Waals surface area contributed by atoms with E-state index in [4.69, 9.17) is 4.74 Å². The van der Waals surface area contributed by atoms with Crippen molar-refractivity contribution in [1.82, 2.24) is 0 Å². The molecule has 0 aliphatic heterocycles. The van der Waals surface area contributed by atoms with Crippen LogP contribution in [0.4, 0.5) is 0 Å². The van der Waals surface area contributed by atoms with Gasteiger partial charge in [-0.2, -0.15) is 0 Å². The lowest BCUT2D eigenvalue weighted by atomic mass is 10.0. The number of rotatable bonds is 4. The van der Waals surface area contributed by atoms with Crippen molar-refractivity contribution in [2.75, 3.05) is 7.11 Å². The van der Waals surface area contributed by atoms with Crippen LogP contribution in [-0.2, 0) is 0 Å². The summed E-state index contributed by atoms with van der Waals surface area (Å²) in [5.74, 6) is 0.850. The molecule has 2 heteroatoms. The summed E-state index contributed by atoms with van der Waals surface area (Å²) in [7, 11) is 1.65. The Labute approximate surface area is 91.2 Å². The second-order valence-corrected chi connectivity index (χ2v) is 3.55. The van der Waals surface area contributed by atoms with Gasteiger partial charge < -0.3 is 9.84 Å². The smallest absolute Gasteiger partial charge is 0.118 e. The zero-order valence-electron chi connectivity index (χ0n) is 9.53. The Bertz CT molecular complexity index is 325. The average molecular weight is 206 g/mol. The van der Waals surface area contributed by atoms with Gasteiger partial charge in [0.2, 0.25) is 0 Å². The van der Waals surface area contributed by atoms with Crippen LogP contribution in [0.25, 0.3) is 5.57 Å². The minimum atomic E-state index is -0.355. The van der Waals surface area contributed by atoms with Gasteiger partial charge in [0, 0.05) is 0 Å². The first-order chi connectivity index (χ1) is 7.17. The molecule has 0 aliphatic carbocycles. The first-order valence-electron chi connectivity index (χ1n) is 5.18. The predicted octanol–water partition coefficient (Wildman–Crippen LogP) is 2.87. The molecule has 0 bridgehead atoms. The SMILES string of the molecule is CCC(O)/C=C(\C)c1ccc(OC)cc1. The maximum Gasteiger partial charge on any atom is 0.118 e. The van der Waals surface area contributed by atoms with Crippen molar-refractivity contribution in [3.63, 3.8) is 0 Å². The van der Waals surface area contributed by atoms with Crippen LogP contribution in [-0.4, -0.2) is 18.3 Å². The van der Waals surface area contributed by atoms with Crippen LogP contribution in [0, 0.1) is 0 Å². The van der Waals surface area contributed by atoms with Gasteiger partial charge >= 0.3 is 0 Å². The number of benzene rings is 1. The summed E-state index contributed by atoms with van der Waals surface area (Å²) < 4.78 is 5.08. The van der Waals surface area contributed by atoms with Gasteiger partial charge in [-0.15, -0.1) is 0 Å². The highest BCUT2D eigenvalue weighted by atomic mass is 16.5. The summed E-state index contributed by atoms with van der Waals surface area (Å²) in [5.41, 5.74) is 2.20. The molecule has 1 rings (SSSR count). The Morgan fingerprint density at radius 1 is 1.40 bits per heavy atom. The van der Waals surface area contributed by atoms with Crippen molar-refractivity contribution in [3.8, 4) is 5.75 Å². The van der Waals surface area contributed by atoms with Crippen molar-refractivity contribution in [2.45, 2.75) is 26.4 Å². The molecule has 1 aromatic carbocycles. The van der Waals surface area contributed by atoms with Crippen LogP contribution in [0.3, 0.4) is 0 Å². The monoisotopic (exact) mass is 206 g/mol. The minimum Gasteiger partial charge on any atom is -0.497 e. The average Bonchev–Trinajstić information content (AvgIpc) is 2.29. The van der Waals surface area contributed by atoms with Crippen molar-refractivity contribution in [2.24, 2.45) is 0 Å². The Balaban J connectivity index is 2.82. The highest BCUT2D eigenvalue weighted by Gasteiger charge is 2.00. The van der Waals surface area contributed by atoms with Gasteiger partial charge in [0.15, 0.2) is 0 Å². The summed E-state index contributed by atoms with van der Waals surface area (Å²) in [6.07, 6.45) is 2.27. The minimum absolute atomic E-state index is 0.355. The van der Waals surface area contributed by atoms with Crippen molar-refractivity contribution in [1.29, 1.82) is 0 Å². The molecule has 15 heavy (non-hydrogen) atoms. The van der Waals surface area contributed by atoms with Gasteiger partial charge in [-0.25, -0.2) is 0 Å². The van der Waals surface area contributed by atoms with E-state index in [0.29, 0.717) is 0 Å². The Hall–Kier alpha value is -1.28. The number of methoxy groups -OCH3 is 1. The quantitative estimate of drug-likeness (QED) is 0.820. The van der Waals surface area contributed by atoms with Gasteiger partial charge in [0.05, 0.1) is 13.2 Å². The van der Waals surface area contributed by atoms with Gasteiger partial charge in [0.25, 0.3) is 0 Å². The summed E-state index contributed by atoms with van der Waals surface area (Å²) >= 11 is 0. The Morgan fingerprint density at radius 2 is 2.00 bits per heavy atom. The molecule has 0 aromatic heterocycles. The zero-order valence-corrected chi connectivity index (χ0v) is 9.53. The molecule has 0 fully saturated rings. The van der Waals surface area contributed by atoms with Crippen LogP contribution in [0.2, 0.25) is 0 Å². The first-order valence-corrected chi connectivity index (χ1v) is 5.18. The van der Waals surface area contributed by atoms with E-state index in [2.05, 4.69) is 0 Å². The van der Waals surface area contributed by atoms with Crippen LogP contribution >= 0.6 is 0 Å². The number of ether oxygens (including phenoxy) is 1. The van der Waals surface area contributed by atoms with E-state index in [1.807, 2.05) is 44.2 Å². The third kappa shape index (κ3) is 3.40. The molecule has 0 amide bonds. The van der Waals surface area contributed by atoms with E-state index >= 15 is 0 Å². The highest BCUT2D eigenvalue weighted by molar-refractivity contribution is 5.64. The number of aliphatic hydroxyl groups excluding tert-OH is 1. The van der Waals surface area contributed by atoms with E-state index in [1.165, 1.54) is 0 Å². The van der Waals surface area contributed by atoms with Gasteiger partial charge in [-0.1, -0.05) is 25.1 Å². The number of hydrogen-bond donors (Lipinski definition) is 1. The molecule has 0 aliphatic rings. The molecule has 1 atom stereocenters. The molecular weight excluding hydrogens is 188 g/mol. The van der Waals surface area contributed by atoms with Crippen LogP contribution in [0.1, 0.15) is 25.8 Å². The normalized spacial score (nSPS) is 13.7. The fourth-order valence-electron chi connectivity index (χ4n) is 1.36. The van der Waals surface area contributed by atoms with E-state index in [1.54, 1.807) is 7.11 Å². The summed E-state index contributed by atoms with van der Waals surface area (Å²) in [6, 6.07) is 7.83. The molecule has 2 nitrogen and oxygen atoms in total. The summed E-state index contributed by atoms with van der Waals surface area (Å²) in [6.45, 7) is 3.96. The standard InChI is InChI=1S/C13H18O2/c1-4-12(14)9-10(2)11-5-7-13(15-3)8-6-11/h5-9,12,14H,4H2,1-3H3/b10-9+. The van der Waals surface area contributed by atoms with Crippen molar-refractivity contribution >= 4 is 5.57 Å². The zero-order chi connectivity index (χ0) is 11.3. The topological polar surface area (TPSA) is 29.5 Å². The molecule has 0 spiro atoms. The molecule has 1 unspecified atom stereocenters. The first kappa shape index (κ1) is 11.8. The third-order valence-electron chi connectivity index (χ3n) is 2.41. The molecule has 0 heterocycles. The van der Waals surface area contributed by atoms with E-state index in [-0.39, 0.29) is 6.10 Å². The predicted molar refractivity (Wildman–Crippen MR) is 62.9 cm³/mol. The maximum absolute atomic E-state index is 9.49. The van der Waals surface area contributed by atoms with E-state index in [0.717, 1.165) is 23.3 Å². The Morgan fingerprint density at radius 3 is 2.47 bits per heavy atom. The number of allylic oxidation sites excluding steroid dienone is 1. The Kier molecular flexibility index (Phi) is 4.37. The lowest BCUT2D eigenvalue weighted by Crippen LogP contribution is -1.99. The lowest BCUT2D eigenvalue weighted by molar-refractivity contribution is 0.219.